The number of fused-ring (bicyclic) bond motifs is 1. The number of imidazole rings is 1. The van der Waals surface area contributed by atoms with Gasteiger partial charge in [0.1, 0.15) is 18.0 Å². The Morgan fingerprint density at radius 3 is 2.72 bits per heavy atom. The van der Waals surface area contributed by atoms with Crippen LogP contribution in [0.15, 0.2) is 48.8 Å². The molecule has 1 amide bonds. The topological polar surface area (TPSA) is 72.9 Å². The van der Waals surface area contributed by atoms with Gasteiger partial charge < -0.3 is 19.8 Å². The molecule has 1 atom stereocenters. The minimum Gasteiger partial charge on any atom is -0.486 e. The summed E-state index contributed by atoms with van der Waals surface area (Å²) in [5.74, 6) is 0.886. The van der Waals surface area contributed by atoms with Crippen LogP contribution in [0.2, 0.25) is 0 Å². The van der Waals surface area contributed by atoms with Gasteiger partial charge in [0, 0.05) is 32.0 Å². The first-order chi connectivity index (χ1) is 13.9. The van der Waals surface area contributed by atoms with E-state index >= 15 is 0 Å². The lowest BCUT2D eigenvalue weighted by atomic mass is 10.0. The smallest absolute Gasteiger partial charge is 0.257 e. The summed E-state index contributed by atoms with van der Waals surface area (Å²) in [5.41, 5.74) is 9.50. The van der Waals surface area contributed by atoms with Gasteiger partial charge in [-0.2, -0.15) is 0 Å². The van der Waals surface area contributed by atoms with E-state index in [9.17, 15) is 4.79 Å². The van der Waals surface area contributed by atoms with Crippen LogP contribution in [-0.2, 0) is 6.61 Å². The zero-order valence-electron chi connectivity index (χ0n) is 17.6. The van der Waals surface area contributed by atoms with Gasteiger partial charge in [-0.1, -0.05) is 32.0 Å². The summed E-state index contributed by atoms with van der Waals surface area (Å²) >= 11 is 0. The van der Waals surface area contributed by atoms with Crippen molar-refractivity contribution in [3.8, 4) is 5.75 Å². The van der Waals surface area contributed by atoms with Gasteiger partial charge in [0.05, 0.1) is 11.3 Å². The minimum atomic E-state index is -0.0672. The number of pyridine rings is 1. The van der Waals surface area contributed by atoms with E-state index < -0.39 is 0 Å². The van der Waals surface area contributed by atoms with Crippen LogP contribution in [0.4, 0.5) is 0 Å². The van der Waals surface area contributed by atoms with Crippen LogP contribution in [0.1, 0.15) is 41.9 Å². The second-order valence-electron chi connectivity index (χ2n) is 7.86. The van der Waals surface area contributed by atoms with Crippen molar-refractivity contribution < 1.29 is 9.53 Å². The van der Waals surface area contributed by atoms with Crippen molar-refractivity contribution in [1.82, 2.24) is 14.3 Å². The van der Waals surface area contributed by atoms with Gasteiger partial charge in [0.25, 0.3) is 5.91 Å². The Bertz CT molecular complexity index is 980. The molecule has 0 aliphatic carbocycles. The highest BCUT2D eigenvalue weighted by molar-refractivity contribution is 5.96. The molecular formula is C23H30N4O2. The SMILES string of the molecule is Cc1cccn2cc(COc3ccccc3C(=O)N(C)CCC(N)C(C)C)nc12. The number of carbonyl (C=O) groups is 1. The fourth-order valence-corrected chi connectivity index (χ4v) is 3.18. The number of aromatic nitrogens is 2. The molecule has 0 bridgehead atoms. The third-order valence-electron chi connectivity index (χ3n) is 5.22. The Balaban J connectivity index is 1.69. The van der Waals surface area contributed by atoms with Crippen molar-refractivity contribution in [3.63, 3.8) is 0 Å². The fourth-order valence-electron chi connectivity index (χ4n) is 3.18. The molecule has 1 unspecified atom stereocenters. The standard InChI is InChI=1S/C23H30N4O2/c1-16(2)20(24)11-13-26(4)23(28)19-9-5-6-10-21(19)29-15-18-14-27-12-7-8-17(3)22(27)25-18/h5-10,12,14,16,20H,11,13,15,24H2,1-4H3. The number of nitrogens with zero attached hydrogens (tertiary/aromatic N) is 3. The molecular weight excluding hydrogens is 364 g/mol. The van der Waals surface area contributed by atoms with E-state index in [4.69, 9.17) is 10.5 Å². The highest BCUT2D eigenvalue weighted by Crippen LogP contribution is 2.21. The van der Waals surface area contributed by atoms with Crippen molar-refractivity contribution >= 4 is 11.6 Å². The molecule has 0 saturated carbocycles. The molecule has 2 heterocycles. The molecule has 6 nitrogen and oxygen atoms in total. The van der Waals surface area contributed by atoms with Crippen LogP contribution in [0.3, 0.4) is 0 Å². The van der Waals surface area contributed by atoms with E-state index in [0.717, 1.165) is 23.3 Å². The molecule has 0 aliphatic rings. The highest BCUT2D eigenvalue weighted by Gasteiger charge is 2.18. The zero-order valence-corrected chi connectivity index (χ0v) is 17.6. The van der Waals surface area contributed by atoms with Gasteiger partial charge in [0.15, 0.2) is 0 Å². The van der Waals surface area contributed by atoms with Crippen molar-refractivity contribution in [2.75, 3.05) is 13.6 Å². The van der Waals surface area contributed by atoms with Crippen LogP contribution in [0, 0.1) is 12.8 Å². The van der Waals surface area contributed by atoms with Gasteiger partial charge in [-0.15, -0.1) is 0 Å². The quantitative estimate of drug-likeness (QED) is 0.633. The number of nitrogens with two attached hydrogens (primary N) is 1. The van der Waals surface area contributed by atoms with Crippen molar-refractivity contribution in [2.24, 2.45) is 11.7 Å². The molecule has 3 aromatic rings. The first kappa shape index (κ1) is 20.9. The van der Waals surface area contributed by atoms with E-state index in [0.29, 0.717) is 30.4 Å². The maximum atomic E-state index is 12.9. The van der Waals surface area contributed by atoms with Crippen molar-refractivity contribution in [1.29, 1.82) is 0 Å². The Morgan fingerprint density at radius 1 is 1.24 bits per heavy atom. The molecule has 0 fully saturated rings. The van der Waals surface area contributed by atoms with Gasteiger partial charge in [0.2, 0.25) is 0 Å². The lowest BCUT2D eigenvalue weighted by molar-refractivity contribution is 0.0784. The largest absolute Gasteiger partial charge is 0.486 e. The predicted molar refractivity (Wildman–Crippen MR) is 115 cm³/mol. The maximum Gasteiger partial charge on any atom is 0.257 e. The lowest BCUT2D eigenvalue weighted by Gasteiger charge is -2.22. The number of benzene rings is 1. The van der Waals surface area contributed by atoms with Crippen molar-refractivity contribution in [3.05, 3.63) is 65.6 Å². The number of para-hydroxylation sites is 1. The lowest BCUT2D eigenvalue weighted by Crippen LogP contribution is -2.34. The van der Waals surface area contributed by atoms with Gasteiger partial charge in [-0.25, -0.2) is 4.98 Å². The molecule has 1 aromatic carbocycles. The summed E-state index contributed by atoms with van der Waals surface area (Å²) in [6, 6.07) is 11.4. The van der Waals surface area contributed by atoms with E-state index in [1.54, 1.807) is 18.0 Å². The number of rotatable bonds is 8. The minimum absolute atomic E-state index is 0.0672. The van der Waals surface area contributed by atoms with Crippen LogP contribution in [0.5, 0.6) is 5.75 Å². The number of hydrogen-bond donors (Lipinski definition) is 1. The summed E-state index contributed by atoms with van der Waals surface area (Å²) < 4.78 is 7.96. The third-order valence-corrected chi connectivity index (χ3v) is 5.22. The van der Waals surface area contributed by atoms with Gasteiger partial charge in [-0.05, 0) is 43.0 Å². The average molecular weight is 395 g/mol. The molecule has 0 saturated heterocycles. The first-order valence-electron chi connectivity index (χ1n) is 10.0. The normalized spacial score (nSPS) is 12.3. The summed E-state index contributed by atoms with van der Waals surface area (Å²) in [4.78, 5) is 19.3. The average Bonchev–Trinajstić information content (AvgIpc) is 3.14. The van der Waals surface area contributed by atoms with Crippen molar-refractivity contribution in [2.45, 2.75) is 39.8 Å². The van der Waals surface area contributed by atoms with Gasteiger partial charge in [-0.3, -0.25) is 4.79 Å². The van der Waals surface area contributed by atoms with Crippen LogP contribution >= 0.6 is 0 Å². The van der Waals surface area contributed by atoms with E-state index in [1.165, 1.54) is 0 Å². The van der Waals surface area contributed by atoms with Crippen LogP contribution < -0.4 is 10.5 Å². The van der Waals surface area contributed by atoms with Gasteiger partial charge >= 0.3 is 0 Å². The van der Waals surface area contributed by atoms with E-state index in [1.807, 2.05) is 54.0 Å². The zero-order chi connectivity index (χ0) is 21.0. The third kappa shape index (κ3) is 4.95. The fraction of sp³-hybridized carbons (Fsp3) is 0.391. The second kappa shape index (κ2) is 9.09. The molecule has 0 aliphatic heterocycles. The number of amides is 1. The number of carbonyl (C=O) groups excluding carboxylic acids is 1. The first-order valence-corrected chi connectivity index (χ1v) is 10.0. The molecule has 2 N–H and O–H groups in total. The maximum absolute atomic E-state index is 12.9. The Hall–Kier alpha value is -2.86. The van der Waals surface area contributed by atoms with Crippen LogP contribution in [-0.4, -0.2) is 39.8 Å². The summed E-state index contributed by atoms with van der Waals surface area (Å²) in [7, 11) is 1.80. The monoisotopic (exact) mass is 394 g/mol. The molecule has 154 valence electrons. The predicted octanol–water partition coefficient (Wildman–Crippen LogP) is 3.67. The molecule has 0 radical (unpaired) electrons. The summed E-state index contributed by atoms with van der Waals surface area (Å²) in [5, 5.41) is 0. The summed E-state index contributed by atoms with van der Waals surface area (Å²) in [6.45, 7) is 7.13. The Kier molecular flexibility index (Phi) is 6.54. The summed E-state index contributed by atoms with van der Waals surface area (Å²) in [6.07, 6.45) is 4.68. The number of hydrogen-bond acceptors (Lipinski definition) is 4. The van der Waals surface area contributed by atoms with Crippen LogP contribution in [0.25, 0.3) is 5.65 Å². The number of ether oxygens (including phenoxy) is 1. The molecule has 0 spiro atoms. The number of aryl methyl sites for hydroxylation is 1. The molecule has 3 rings (SSSR count). The second-order valence-corrected chi connectivity index (χ2v) is 7.86. The highest BCUT2D eigenvalue weighted by atomic mass is 16.5. The Labute approximate surface area is 172 Å². The van der Waals surface area contributed by atoms with E-state index in [2.05, 4.69) is 18.8 Å². The molecule has 6 heteroatoms. The molecule has 2 aromatic heterocycles. The molecule has 29 heavy (non-hydrogen) atoms. The Morgan fingerprint density at radius 2 is 2.00 bits per heavy atom. The van der Waals surface area contributed by atoms with E-state index in [-0.39, 0.29) is 11.9 Å².